The first-order valence-electron chi connectivity index (χ1n) is 11.0. The molecule has 2 aliphatic heterocycles. The van der Waals surface area contributed by atoms with Gasteiger partial charge in [0.2, 0.25) is 0 Å². The Labute approximate surface area is 189 Å². The molecule has 1 fully saturated rings. The maximum atomic E-state index is 12.4. The van der Waals surface area contributed by atoms with Crippen LogP contribution in [0.1, 0.15) is 57.6 Å². The summed E-state index contributed by atoms with van der Waals surface area (Å²) in [6.45, 7) is 6.81. The van der Waals surface area contributed by atoms with Gasteiger partial charge in [-0.3, -0.25) is 15.0 Å². The van der Waals surface area contributed by atoms with E-state index in [0.29, 0.717) is 36.6 Å². The summed E-state index contributed by atoms with van der Waals surface area (Å²) in [5.74, 6) is 0.517. The molecule has 2 aliphatic rings. The largest absolute Gasteiger partial charge is 0.444 e. The van der Waals surface area contributed by atoms with Gasteiger partial charge < -0.3 is 14.5 Å². The van der Waals surface area contributed by atoms with Crippen LogP contribution in [-0.4, -0.2) is 47.9 Å². The highest BCUT2D eigenvalue weighted by Gasteiger charge is 2.32. The molecule has 1 amide bonds. The van der Waals surface area contributed by atoms with Crippen LogP contribution in [0, 0.1) is 10.1 Å². The Kier molecular flexibility index (Phi) is 5.08. The van der Waals surface area contributed by atoms with E-state index in [1.807, 2.05) is 20.8 Å². The molecule has 1 aromatic carbocycles. The van der Waals surface area contributed by atoms with Crippen molar-refractivity contribution >= 4 is 22.7 Å². The van der Waals surface area contributed by atoms with Gasteiger partial charge in [-0.1, -0.05) is 0 Å². The highest BCUT2D eigenvalue weighted by molar-refractivity contribution is 5.93. The average Bonchev–Trinajstić information content (AvgIpc) is 3.43. The number of aromatic amines is 1. The topological polar surface area (TPSA) is 128 Å². The fourth-order valence-corrected chi connectivity index (χ4v) is 4.26. The van der Waals surface area contributed by atoms with Crippen molar-refractivity contribution in [3.8, 4) is 11.5 Å². The zero-order valence-electron chi connectivity index (χ0n) is 18.8. The second-order valence-electron chi connectivity index (χ2n) is 9.42. The average molecular weight is 454 g/mol. The molecule has 0 aliphatic carbocycles. The number of imidazole rings is 1. The smallest absolute Gasteiger partial charge is 0.410 e. The van der Waals surface area contributed by atoms with Gasteiger partial charge in [0.15, 0.2) is 12.1 Å². The zero-order valence-corrected chi connectivity index (χ0v) is 18.8. The van der Waals surface area contributed by atoms with Crippen LogP contribution in [0.5, 0.6) is 0 Å². The van der Waals surface area contributed by atoms with Crippen LogP contribution in [0.3, 0.4) is 0 Å². The molecule has 1 unspecified atom stereocenters. The minimum Gasteiger partial charge on any atom is -0.444 e. The van der Waals surface area contributed by atoms with E-state index in [1.54, 1.807) is 15.6 Å². The molecule has 174 valence electrons. The van der Waals surface area contributed by atoms with Crippen LogP contribution < -0.4 is 0 Å². The van der Waals surface area contributed by atoms with Crippen LogP contribution in [0.2, 0.25) is 0 Å². The van der Waals surface area contributed by atoms with Crippen molar-refractivity contribution in [3.05, 3.63) is 39.7 Å². The van der Waals surface area contributed by atoms with Crippen LogP contribution in [0.25, 0.3) is 22.4 Å². The summed E-state index contributed by atoms with van der Waals surface area (Å²) in [7, 11) is 0. The van der Waals surface area contributed by atoms with E-state index in [-0.39, 0.29) is 11.9 Å². The molecule has 2 aromatic heterocycles. The van der Waals surface area contributed by atoms with E-state index in [2.05, 4.69) is 9.97 Å². The highest BCUT2D eigenvalue weighted by Crippen LogP contribution is 2.35. The number of H-pyrrole nitrogens is 1. The maximum absolute atomic E-state index is 12.4. The van der Waals surface area contributed by atoms with E-state index >= 15 is 0 Å². The molecule has 1 atom stereocenters. The molecule has 1 saturated heterocycles. The Morgan fingerprint density at radius 2 is 2.12 bits per heavy atom. The second-order valence-corrected chi connectivity index (χ2v) is 9.42. The van der Waals surface area contributed by atoms with Gasteiger partial charge in [0.05, 0.1) is 34.9 Å². The molecule has 4 heterocycles. The van der Waals surface area contributed by atoms with Gasteiger partial charge in [0, 0.05) is 24.1 Å². The van der Waals surface area contributed by atoms with Crippen LogP contribution in [0.15, 0.2) is 18.2 Å². The molecule has 11 heteroatoms. The van der Waals surface area contributed by atoms with Crippen LogP contribution >= 0.6 is 0 Å². The van der Waals surface area contributed by atoms with E-state index in [4.69, 9.17) is 14.6 Å². The lowest BCUT2D eigenvalue weighted by Crippen LogP contribution is -2.33. The number of aromatic nitrogens is 4. The lowest BCUT2D eigenvalue weighted by molar-refractivity contribution is -0.384. The third kappa shape index (κ3) is 4.04. The number of nitro benzene ring substituents is 1. The predicted molar refractivity (Wildman–Crippen MR) is 118 cm³/mol. The van der Waals surface area contributed by atoms with Crippen molar-refractivity contribution in [1.29, 1.82) is 0 Å². The van der Waals surface area contributed by atoms with E-state index in [0.717, 1.165) is 36.2 Å². The number of carbonyl (C=O) groups is 1. The Bertz CT molecular complexity index is 1210. The molecule has 5 rings (SSSR count). The monoisotopic (exact) mass is 454 g/mol. The number of hydrogen-bond donors (Lipinski definition) is 1. The third-order valence-electron chi connectivity index (χ3n) is 5.76. The number of carbonyl (C=O) groups excluding carboxylic acids is 1. The number of benzene rings is 1. The number of hydrogen-bond acceptors (Lipinski definition) is 7. The molecule has 33 heavy (non-hydrogen) atoms. The summed E-state index contributed by atoms with van der Waals surface area (Å²) in [4.78, 5) is 32.9. The van der Waals surface area contributed by atoms with Crippen molar-refractivity contribution in [2.45, 2.75) is 65.0 Å². The Morgan fingerprint density at radius 1 is 1.30 bits per heavy atom. The minimum atomic E-state index is -0.576. The van der Waals surface area contributed by atoms with Gasteiger partial charge in [-0.25, -0.2) is 14.5 Å². The van der Waals surface area contributed by atoms with Crippen molar-refractivity contribution in [3.63, 3.8) is 0 Å². The predicted octanol–water partition coefficient (Wildman–Crippen LogP) is 4.28. The summed E-state index contributed by atoms with van der Waals surface area (Å²) >= 11 is 0. The number of ether oxygens (including phenoxy) is 2. The quantitative estimate of drug-likeness (QED) is 0.462. The molecule has 0 bridgehead atoms. The molecular formula is C22H26N6O5. The van der Waals surface area contributed by atoms with Gasteiger partial charge in [-0.05, 0) is 46.1 Å². The first-order valence-corrected chi connectivity index (χ1v) is 11.0. The van der Waals surface area contributed by atoms with Crippen molar-refractivity contribution < 1.29 is 19.2 Å². The molecule has 0 radical (unpaired) electrons. The Hall–Kier alpha value is -3.47. The number of nitrogens with one attached hydrogen (secondary N) is 1. The van der Waals surface area contributed by atoms with Gasteiger partial charge >= 0.3 is 6.09 Å². The minimum absolute atomic E-state index is 0.0111. The Balaban J connectivity index is 1.49. The van der Waals surface area contributed by atoms with Gasteiger partial charge in [0.1, 0.15) is 11.3 Å². The summed E-state index contributed by atoms with van der Waals surface area (Å²) < 4.78 is 13.2. The number of rotatable bonds is 3. The lowest BCUT2D eigenvalue weighted by atomic mass is 10.1. The number of nitrogens with zero attached hydrogens (tertiary/aromatic N) is 5. The fourth-order valence-electron chi connectivity index (χ4n) is 4.26. The molecule has 1 N–H and O–H groups in total. The molecule has 0 spiro atoms. The number of amides is 1. The molecule has 0 saturated carbocycles. The number of non-ortho nitro benzene ring substituents is 1. The normalized spacial score (nSPS) is 18.5. The third-order valence-corrected chi connectivity index (χ3v) is 5.76. The summed E-state index contributed by atoms with van der Waals surface area (Å²) in [5.41, 5.74) is 2.24. The highest BCUT2D eigenvalue weighted by atomic mass is 16.6. The SMILES string of the molecule is CC(C)(C)OC(=O)N1Cc2nc(-c3nn(C4CCCCO4)c4ccc([N+](=O)[O-])cc34)[nH]c2C1. The molecule has 11 nitrogen and oxygen atoms in total. The fraction of sp³-hybridized carbons (Fsp3) is 0.500. The number of fused-ring (bicyclic) bond motifs is 2. The van der Waals surface area contributed by atoms with Crippen LogP contribution in [0.4, 0.5) is 10.5 Å². The first-order chi connectivity index (χ1) is 15.7. The zero-order chi connectivity index (χ0) is 23.3. The molecular weight excluding hydrogens is 428 g/mol. The lowest BCUT2D eigenvalue weighted by Gasteiger charge is -2.24. The van der Waals surface area contributed by atoms with Gasteiger partial charge in [0.25, 0.3) is 5.69 Å². The van der Waals surface area contributed by atoms with E-state index < -0.39 is 16.6 Å². The molecule has 3 aromatic rings. The summed E-state index contributed by atoms with van der Waals surface area (Å²) in [6.07, 6.45) is 2.25. The van der Waals surface area contributed by atoms with Gasteiger partial charge in [-0.15, -0.1) is 0 Å². The first kappa shape index (κ1) is 21.4. The van der Waals surface area contributed by atoms with Crippen molar-refractivity contribution in [2.75, 3.05) is 6.61 Å². The van der Waals surface area contributed by atoms with Crippen molar-refractivity contribution in [2.24, 2.45) is 0 Å². The van der Waals surface area contributed by atoms with E-state index in [9.17, 15) is 14.9 Å². The summed E-state index contributed by atoms with van der Waals surface area (Å²) in [5, 5.41) is 16.8. The Morgan fingerprint density at radius 3 is 2.79 bits per heavy atom. The van der Waals surface area contributed by atoms with Crippen LogP contribution in [-0.2, 0) is 22.6 Å². The number of nitro groups is 1. The van der Waals surface area contributed by atoms with E-state index in [1.165, 1.54) is 12.1 Å². The maximum Gasteiger partial charge on any atom is 0.410 e. The standard InChI is InChI=1S/C22H26N6O5/c1-22(2,3)33-21(29)26-11-15-16(12-26)24-20(23-15)19-14-10-13(28(30)31)7-8-17(14)27(25-19)18-6-4-5-9-32-18/h7-8,10,18H,4-6,9,11-12H2,1-3H3,(H,23,24). The second kappa shape index (κ2) is 7.84. The van der Waals surface area contributed by atoms with Gasteiger partial charge in [-0.2, -0.15) is 5.10 Å². The van der Waals surface area contributed by atoms with Crippen molar-refractivity contribution in [1.82, 2.24) is 24.6 Å². The summed E-state index contributed by atoms with van der Waals surface area (Å²) in [6, 6.07) is 4.72.